The lowest BCUT2D eigenvalue weighted by Crippen LogP contribution is -2.29. The zero-order valence-electron chi connectivity index (χ0n) is 36.2. The molecule has 1 aliphatic heterocycles. The molecule has 0 aliphatic carbocycles. The number of hydrogen-bond donors (Lipinski definition) is 0. The number of amidine groups is 1. The smallest absolute Gasteiger partial charge is 0.155 e. The van der Waals surface area contributed by atoms with Crippen molar-refractivity contribution >= 4 is 109 Å². The van der Waals surface area contributed by atoms with Gasteiger partial charge in [0.05, 0.1) is 34.0 Å². The first-order valence-corrected chi connectivity index (χ1v) is 23.0. The van der Waals surface area contributed by atoms with Crippen LogP contribution in [0.2, 0.25) is 0 Å². The molecule has 0 amide bonds. The van der Waals surface area contributed by atoms with E-state index in [1.807, 2.05) is 0 Å². The van der Waals surface area contributed by atoms with Crippen LogP contribution in [0.5, 0.6) is 0 Å². The number of aromatic nitrogens is 1. The van der Waals surface area contributed by atoms with Gasteiger partial charge >= 0.3 is 0 Å². The Morgan fingerprint density at radius 1 is 0.470 bits per heavy atom. The molecule has 66 heavy (non-hydrogen) atoms. The number of hydrogen-bond acceptors (Lipinski definition) is 3. The number of rotatable bonds is 5. The van der Waals surface area contributed by atoms with E-state index in [0.29, 0.717) is 0 Å². The highest BCUT2D eigenvalue weighted by molar-refractivity contribution is 6.27. The largest absolute Gasteiger partial charge is 0.455 e. The van der Waals surface area contributed by atoms with Gasteiger partial charge in [-0.05, 0) is 114 Å². The van der Waals surface area contributed by atoms with E-state index in [1.54, 1.807) is 0 Å². The first-order chi connectivity index (χ1) is 32.7. The van der Waals surface area contributed by atoms with E-state index < -0.39 is 0 Å². The molecule has 310 valence electrons. The second-order valence-corrected chi connectivity index (χ2v) is 17.9. The normalized spacial score (nSPS) is 15.6. The molecule has 13 aromatic rings. The van der Waals surface area contributed by atoms with E-state index in [9.17, 15) is 0 Å². The molecule has 2 unspecified atom stereocenters. The summed E-state index contributed by atoms with van der Waals surface area (Å²) in [4.78, 5) is 11.5. The van der Waals surface area contributed by atoms with Crippen molar-refractivity contribution in [1.82, 2.24) is 4.57 Å². The zero-order chi connectivity index (χ0) is 43.5. The minimum atomic E-state index is -0.242. The monoisotopic (exact) mass is 843 g/mol. The number of nitrogens with zero attached hydrogens (tertiary/aromatic N) is 3. The molecule has 1 aliphatic rings. The van der Waals surface area contributed by atoms with Crippen LogP contribution in [-0.4, -0.2) is 16.1 Å². The Morgan fingerprint density at radius 3 is 1.85 bits per heavy atom. The topological polar surface area (TPSA) is 42.8 Å². The molecule has 3 heterocycles. The maximum absolute atomic E-state index is 7.32. The molecule has 2 atom stereocenters. The second kappa shape index (κ2) is 14.3. The number of benzene rings is 11. The molecule has 0 N–H and O–H groups in total. The number of furan rings is 1. The van der Waals surface area contributed by atoms with Crippen molar-refractivity contribution in [2.75, 3.05) is 0 Å². The van der Waals surface area contributed by atoms with Crippen LogP contribution in [0.1, 0.15) is 36.1 Å². The van der Waals surface area contributed by atoms with Gasteiger partial charge in [0.1, 0.15) is 11.2 Å². The van der Waals surface area contributed by atoms with Gasteiger partial charge in [0.2, 0.25) is 0 Å². The minimum absolute atomic E-state index is 0.103. The first-order valence-electron chi connectivity index (χ1n) is 23.0. The summed E-state index contributed by atoms with van der Waals surface area (Å²) in [6, 6.07) is 74.7. The molecular weight excluding hydrogens is 803 g/mol. The van der Waals surface area contributed by atoms with Crippen molar-refractivity contribution in [2.45, 2.75) is 19.4 Å². The maximum atomic E-state index is 7.32. The highest BCUT2D eigenvalue weighted by Crippen LogP contribution is 2.47. The summed E-state index contributed by atoms with van der Waals surface area (Å²) in [7, 11) is 0. The Hall–Kier alpha value is -8.34. The lowest BCUT2D eigenvalue weighted by atomic mass is 9.80. The molecule has 0 saturated heterocycles. The van der Waals surface area contributed by atoms with Crippen molar-refractivity contribution in [3.05, 3.63) is 223 Å². The predicted octanol–water partition coefficient (Wildman–Crippen LogP) is 16.5. The second-order valence-electron chi connectivity index (χ2n) is 17.9. The van der Waals surface area contributed by atoms with E-state index in [1.165, 1.54) is 64.8 Å². The average Bonchev–Trinajstić information content (AvgIpc) is 3.91. The number of aliphatic imine (C=N–C) groups is 2. The predicted molar refractivity (Wildman–Crippen MR) is 278 cm³/mol. The molecule has 2 aromatic heterocycles. The third-order valence-corrected chi connectivity index (χ3v) is 14.3. The van der Waals surface area contributed by atoms with Crippen LogP contribution in [-0.2, 0) is 0 Å². The molecule has 0 saturated carbocycles. The average molecular weight is 844 g/mol. The van der Waals surface area contributed by atoms with Gasteiger partial charge < -0.3 is 8.98 Å². The van der Waals surface area contributed by atoms with Crippen molar-refractivity contribution in [3.8, 4) is 5.69 Å². The van der Waals surface area contributed by atoms with Crippen LogP contribution in [0.3, 0.4) is 0 Å². The van der Waals surface area contributed by atoms with Gasteiger partial charge in [0, 0.05) is 33.0 Å². The van der Waals surface area contributed by atoms with Crippen LogP contribution in [0.15, 0.2) is 221 Å². The Morgan fingerprint density at radius 2 is 1.09 bits per heavy atom. The molecule has 4 heteroatoms. The highest BCUT2D eigenvalue weighted by Gasteiger charge is 2.36. The fourth-order valence-electron chi connectivity index (χ4n) is 11.3. The Kier molecular flexibility index (Phi) is 8.05. The van der Waals surface area contributed by atoms with E-state index in [0.717, 1.165) is 73.1 Å². The van der Waals surface area contributed by atoms with Crippen LogP contribution >= 0.6 is 0 Å². The number of fused-ring (bicyclic) bond motifs is 13. The third kappa shape index (κ3) is 5.45. The fraction of sp³-hybridized carbons (Fsp3) is 0.0645. The standard InChI is InChI=1S/C62H41N3O/c1-2-44-59(51-34-43-23-11-12-24-45(43)47-26-14-15-27-48(47)51)63-62(38-17-4-3-5-18-38)64-60(44)58-54(31-29-49-50-32-39-19-7-9-22-42(39)36-56(50)66-61(49)58)65-53-30-28-37-16-10-13-25-46(37)57(53)52-33-40-20-6-8-21-41(40)35-55(52)65/h3-36,44,59H,2H2,1H3. The fourth-order valence-corrected chi connectivity index (χ4v) is 11.3. The van der Waals surface area contributed by atoms with Crippen molar-refractivity contribution in [1.29, 1.82) is 0 Å². The molecule has 0 bridgehead atoms. The lowest BCUT2D eigenvalue weighted by Gasteiger charge is -2.32. The SMILES string of the molecule is CCC1C(c2c(-n3c4cc5ccccc5cc4c4c5ccccc5ccc43)ccc3c2oc2cc4ccccc4cc23)=NC(c2ccccc2)=NC1c1cc2ccccc2c2ccccc12. The summed E-state index contributed by atoms with van der Waals surface area (Å²) in [6.07, 6.45) is 0.804. The molecule has 14 rings (SSSR count). The minimum Gasteiger partial charge on any atom is -0.455 e. The summed E-state index contributed by atoms with van der Waals surface area (Å²) in [5.74, 6) is 0.620. The van der Waals surface area contributed by atoms with E-state index in [-0.39, 0.29) is 12.0 Å². The first kappa shape index (κ1) is 37.1. The molecule has 11 aromatic carbocycles. The van der Waals surface area contributed by atoms with Crippen LogP contribution in [0.25, 0.3) is 103 Å². The molecule has 4 nitrogen and oxygen atoms in total. The Labute approximate surface area is 380 Å². The maximum Gasteiger partial charge on any atom is 0.155 e. The molecule has 0 fully saturated rings. The lowest BCUT2D eigenvalue weighted by molar-refractivity contribution is 0.535. The molecule has 0 spiro atoms. The molecular formula is C62H41N3O. The van der Waals surface area contributed by atoms with Crippen LogP contribution in [0, 0.1) is 5.92 Å². The van der Waals surface area contributed by atoms with Gasteiger partial charge in [-0.3, -0.25) is 4.99 Å². The van der Waals surface area contributed by atoms with E-state index >= 15 is 0 Å². The summed E-state index contributed by atoms with van der Waals surface area (Å²) in [5, 5.41) is 16.7. The quantitative estimate of drug-likeness (QED) is 0.159. The van der Waals surface area contributed by atoms with Gasteiger partial charge in [-0.15, -0.1) is 0 Å². The van der Waals surface area contributed by atoms with Crippen molar-refractivity contribution in [3.63, 3.8) is 0 Å². The Bertz CT molecular complexity index is 4230. The summed E-state index contributed by atoms with van der Waals surface area (Å²) >= 11 is 0. The van der Waals surface area contributed by atoms with Crippen LogP contribution < -0.4 is 0 Å². The Balaban J connectivity index is 1.14. The van der Waals surface area contributed by atoms with Crippen LogP contribution in [0.4, 0.5) is 0 Å². The summed E-state index contributed by atoms with van der Waals surface area (Å²) in [5.41, 5.74) is 9.18. The van der Waals surface area contributed by atoms with Gasteiger partial charge in [0.15, 0.2) is 5.84 Å². The summed E-state index contributed by atoms with van der Waals surface area (Å²) in [6.45, 7) is 2.29. The van der Waals surface area contributed by atoms with Crippen molar-refractivity contribution in [2.24, 2.45) is 15.9 Å². The van der Waals surface area contributed by atoms with Crippen molar-refractivity contribution < 1.29 is 4.42 Å². The summed E-state index contributed by atoms with van der Waals surface area (Å²) < 4.78 is 9.81. The molecule has 0 radical (unpaired) electrons. The zero-order valence-corrected chi connectivity index (χ0v) is 36.2. The van der Waals surface area contributed by atoms with Gasteiger partial charge in [-0.25, -0.2) is 4.99 Å². The highest BCUT2D eigenvalue weighted by atomic mass is 16.3. The third-order valence-electron chi connectivity index (χ3n) is 14.3. The van der Waals surface area contributed by atoms with Gasteiger partial charge in [-0.1, -0.05) is 165 Å². The van der Waals surface area contributed by atoms with Gasteiger partial charge in [0.25, 0.3) is 0 Å². The van der Waals surface area contributed by atoms with E-state index in [4.69, 9.17) is 14.4 Å². The van der Waals surface area contributed by atoms with Gasteiger partial charge in [-0.2, -0.15) is 0 Å². The van der Waals surface area contributed by atoms with E-state index in [2.05, 4.69) is 218 Å².